The van der Waals surface area contributed by atoms with Gasteiger partial charge in [-0.1, -0.05) is 13.3 Å². The third-order valence-corrected chi connectivity index (χ3v) is 4.06. The highest BCUT2D eigenvalue weighted by molar-refractivity contribution is 5.75. The third kappa shape index (κ3) is 4.59. The summed E-state index contributed by atoms with van der Waals surface area (Å²) in [5, 5.41) is 0. The van der Waals surface area contributed by atoms with Gasteiger partial charge < -0.3 is 9.47 Å². The largest absolute Gasteiger partial charge is 0.427 e. The van der Waals surface area contributed by atoms with E-state index >= 15 is 0 Å². The molecule has 1 saturated carbocycles. The molecule has 0 radical (unpaired) electrons. The lowest BCUT2D eigenvalue weighted by Gasteiger charge is -2.26. The van der Waals surface area contributed by atoms with Gasteiger partial charge in [0, 0.05) is 6.92 Å². The van der Waals surface area contributed by atoms with Gasteiger partial charge in [-0.3, -0.25) is 9.59 Å². The Balaban J connectivity index is 1.86. The van der Waals surface area contributed by atoms with Gasteiger partial charge in [0.25, 0.3) is 0 Å². The van der Waals surface area contributed by atoms with Crippen molar-refractivity contribution in [2.45, 2.75) is 46.0 Å². The molecule has 4 heteroatoms. The lowest BCUT2D eigenvalue weighted by Crippen LogP contribution is -2.25. The number of rotatable bonds is 4. The van der Waals surface area contributed by atoms with Crippen LogP contribution in [0.3, 0.4) is 0 Å². The molecule has 0 bridgehead atoms. The van der Waals surface area contributed by atoms with Crippen LogP contribution in [0.25, 0.3) is 0 Å². The van der Waals surface area contributed by atoms with Gasteiger partial charge in [-0.05, 0) is 55.9 Å². The molecule has 114 valence electrons. The van der Waals surface area contributed by atoms with Crippen molar-refractivity contribution in [2.24, 2.45) is 11.8 Å². The van der Waals surface area contributed by atoms with Crippen LogP contribution in [0.5, 0.6) is 11.5 Å². The summed E-state index contributed by atoms with van der Waals surface area (Å²) in [6.45, 7) is 3.55. The smallest absolute Gasteiger partial charge is 0.314 e. The van der Waals surface area contributed by atoms with Crippen LogP contribution in [0.15, 0.2) is 24.3 Å². The van der Waals surface area contributed by atoms with Crippen LogP contribution in [-0.4, -0.2) is 11.9 Å². The first kappa shape index (κ1) is 15.5. The summed E-state index contributed by atoms with van der Waals surface area (Å²) in [4.78, 5) is 22.9. The summed E-state index contributed by atoms with van der Waals surface area (Å²) >= 11 is 0. The molecule has 1 fully saturated rings. The second kappa shape index (κ2) is 7.25. The normalized spacial score (nSPS) is 21.6. The fourth-order valence-electron chi connectivity index (χ4n) is 2.75. The number of hydrogen-bond acceptors (Lipinski definition) is 4. The number of esters is 2. The molecule has 0 N–H and O–H groups in total. The van der Waals surface area contributed by atoms with Crippen molar-refractivity contribution >= 4 is 11.9 Å². The maximum absolute atomic E-state index is 12.1. The van der Waals surface area contributed by atoms with Crippen molar-refractivity contribution in [3.05, 3.63) is 24.3 Å². The SMILES string of the molecule is CCC1CCC(C(=O)Oc2ccc(OC(C)=O)cc2)CC1. The Hall–Kier alpha value is -1.84. The number of carbonyl (C=O) groups excluding carboxylic acids is 2. The van der Waals surface area contributed by atoms with E-state index in [9.17, 15) is 9.59 Å². The number of hydrogen-bond donors (Lipinski definition) is 0. The Labute approximate surface area is 125 Å². The Kier molecular flexibility index (Phi) is 5.37. The van der Waals surface area contributed by atoms with E-state index in [1.807, 2.05) is 0 Å². The minimum Gasteiger partial charge on any atom is -0.427 e. The lowest BCUT2D eigenvalue weighted by atomic mass is 9.81. The predicted molar refractivity (Wildman–Crippen MR) is 79.1 cm³/mol. The summed E-state index contributed by atoms with van der Waals surface area (Å²) in [5.41, 5.74) is 0. The van der Waals surface area contributed by atoms with Gasteiger partial charge in [-0.25, -0.2) is 0 Å². The molecule has 0 atom stereocenters. The van der Waals surface area contributed by atoms with Crippen LogP contribution in [-0.2, 0) is 9.59 Å². The minimum absolute atomic E-state index is 0.0148. The fourth-order valence-corrected chi connectivity index (χ4v) is 2.75. The zero-order valence-electron chi connectivity index (χ0n) is 12.6. The molecule has 0 spiro atoms. The summed E-state index contributed by atoms with van der Waals surface area (Å²) in [7, 11) is 0. The van der Waals surface area contributed by atoms with Crippen molar-refractivity contribution in [3.63, 3.8) is 0 Å². The number of carbonyl (C=O) groups is 2. The van der Waals surface area contributed by atoms with E-state index in [0.717, 1.165) is 31.6 Å². The molecule has 0 heterocycles. The maximum atomic E-state index is 12.1. The Morgan fingerprint density at radius 1 is 1.00 bits per heavy atom. The third-order valence-electron chi connectivity index (χ3n) is 4.06. The number of benzene rings is 1. The van der Waals surface area contributed by atoms with Gasteiger partial charge in [0.15, 0.2) is 0 Å². The second-order valence-electron chi connectivity index (χ2n) is 5.61. The quantitative estimate of drug-likeness (QED) is 0.626. The van der Waals surface area contributed by atoms with Crippen LogP contribution in [0.1, 0.15) is 46.0 Å². The molecule has 2 rings (SSSR count). The van der Waals surface area contributed by atoms with Gasteiger partial charge in [0.05, 0.1) is 5.92 Å². The van der Waals surface area contributed by atoms with Gasteiger partial charge in [-0.2, -0.15) is 0 Å². The molecular formula is C17H22O4. The van der Waals surface area contributed by atoms with Gasteiger partial charge >= 0.3 is 11.9 Å². The van der Waals surface area contributed by atoms with Crippen LogP contribution < -0.4 is 9.47 Å². The first-order chi connectivity index (χ1) is 10.1. The van der Waals surface area contributed by atoms with Crippen molar-refractivity contribution < 1.29 is 19.1 Å². The van der Waals surface area contributed by atoms with Crippen LogP contribution in [0, 0.1) is 11.8 Å². The van der Waals surface area contributed by atoms with E-state index in [1.54, 1.807) is 24.3 Å². The number of ether oxygens (including phenoxy) is 2. The minimum atomic E-state index is -0.368. The van der Waals surface area contributed by atoms with Crippen molar-refractivity contribution in [2.75, 3.05) is 0 Å². The first-order valence-electron chi connectivity index (χ1n) is 7.58. The van der Waals surface area contributed by atoms with Gasteiger partial charge in [-0.15, -0.1) is 0 Å². The highest BCUT2D eigenvalue weighted by Crippen LogP contribution is 2.31. The van der Waals surface area contributed by atoms with Crippen molar-refractivity contribution in [1.82, 2.24) is 0 Å². The van der Waals surface area contributed by atoms with Gasteiger partial charge in [0.2, 0.25) is 0 Å². The zero-order valence-corrected chi connectivity index (χ0v) is 12.6. The zero-order chi connectivity index (χ0) is 15.2. The van der Waals surface area contributed by atoms with Crippen molar-refractivity contribution in [3.8, 4) is 11.5 Å². The molecule has 1 aliphatic rings. The standard InChI is InChI=1S/C17H22O4/c1-3-13-4-6-14(7-5-13)17(19)21-16-10-8-15(9-11-16)20-12(2)18/h8-11,13-14H,3-7H2,1-2H3. The molecule has 0 saturated heterocycles. The van der Waals surface area contributed by atoms with E-state index in [0.29, 0.717) is 11.5 Å². The van der Waals surface area contributed by atoms with Crippen LogP contribution in [0.4, 0.5) is 0 Å². The highest BCUT2D eigenvalue weighted by atomic mass is 16.5. The fraction of sp³-hybridized carbons (Fsp3) is 0.529. The molecular weight excluding hydrogens is 268 g/mol. The predicted octanol–water partition coefficient (Wildman–Crippen LogP) is 3.73. The average Bonchev–Trinajstić information content (AvgIpc) is 2.49. The Morgan fingerprint density at radius 3 is 2.00 bits per heavy atom. The molecule has 1 aromatic carbocycles. The average molecular weight is 290 g/mol. The molecule has 0 unspecified atom stereocenters. The summed E-state index contributed by atoms with van der Waals surface area (Å²) in [6.07, 6.45) is 5.26. The molecule has 0 aliphatic heterocycles. The summed E-state index contributed by atoms with van der Waals surface area (Å²) in [6, 6.07) is 6.54. The van der Waals surface area contributed by atoms with E-state index in [4.69, 9.17) is 9.47 Å². The lowest BCUT2D eigenvalue weighted by molar-refractivity contribution is -0.140. The summed E-state index contributed by atoms with van der Waals surface area (Å²) < 4.78 is 10.3. The molecule has 1 aromatic rings. The monoisotopic (exact) mass is 290 g/mol. The van der Waals surface area contributed by atoms with Gasteiger partial charge in [0.1, 0.15) is 11.5 Å². The maximum Gasteiger partial charge on any atom is 0.314 e. The van der Waals surface area contributed by atoms with Crippen LogP contribution >= 0.6 is 0 Å². The van der Waals surface area contributed by atoms with E-state index in [1.165, 1.54) is 13.3 Å². The molecule has 1 aliphatic carbocycles. The topological polar surface area (TPSA) is 52.6 Å². The molecule has 4 nitrogen and oxygen atoms in total. The van der Waals surface area contributed by atoms with E-state index in [2.05, 4.69) is 6.92 Å². The van der Waals surface area contributed by atoms with Crippen molar-refractivity contribution in [1.29, 1.82) is 0 Å². The highest BCUT2D eigenvalue weighted by Gasteiger charge is 2.26. The Bertz CT molecular complexity index is 484. The van der Waals surface area contributed by atoms with E-state index in [-0.39, 0.29) is 17.9 Å². The Morgan fingerprint density at radius 2 is 1.52 bits per heavy atom. The summed E-state index contributed by atoms with van der Waals surface area (Å²) in [5.74, 6) is 1.20. The van der Waals surface area contributed by atoms with E-state index < -0.39 is 0 Å². The molecule has 0 aromatic heterocycles. The molecule has 21 heavy (non-hydrogen) atoms. The second-order valence-corrected chi connectivity index (χ2v) is 5.61. The molecule has 0 amide bonds. The van der Waals surface area contributed by atoms with Crippen LogP contribution in [0.2, 0.25) is 0 Å². The first-order valence-corrected chi connectivity index (χ1v) is 7.58.